The molecular weight excluding hydrogens is 246 g/mol. The number of rotatable bonds is 4. The maximum Gasteiger partial charge on any atom is 0.180 e. The van der Waals surface area contributed by atoms with Gasteiger partial charge in [0.1, 0.15) is 0 Å². The number of nitrogen functional groups attached to an aromatic ring is 1. The van der Waals surface area contributed by atoms with Crippen molar-refractivity contribution < 1.29 is 0 Å². The van der Waals surface area contributed by atoms with Gasteiger partial charge in [0.15, 0.2) is 5.13 Å². The Morgan fingerprint density at radius 1 is 1.50 bits per heavy atom. The summed E-state index contributed by atoms with van der Waals surface area (Å²) >= 11 is 1.53. The minimum atomic E-state index is 0. The first-order chi connectivity index (χ1) is 7.24. The summed E-state index contributed by atoms with van der Waals surface area (Å²) in [5.41, 5.74) is 6.67. The Balaban J connectivity index is 0.00000128. The van der Waals surface area contributed by atoms with Crippen LogP contribution in [-0.4, -0.2) is 27.1 Å². The van der Waals surface area contributed by atoms with Gasteiger partial charge in [0.2, 0.25) is 0 Å². The average molecular weight is 260 g/mol. The standard InChI is InChI=1S/C9H13N5S.ClH/c1-14(5-7-2-3-12-13-7)6-8-4-11-9(10)15-8;/h2-4H,5-6H2,1H3,(H2,10,11)(H,12,13);1H. The summed E-state index contributed by atoms with van der Waals surface area (Å²) in [4.78, 5) is 7.37. The monoisotopic (exact) mass is 259 g/mol. The van der Waals surface area contributed by atoms with Gasteiger partial charge in [-0.15, -0.1) is 23.7 Å². The summed E-state index contributed by atoms with van der Waals surface area (Å²) in [6.07, 6.45) is 3.58. The van der Waals surface area contributed by atoms with Gasteiger partial charge in [-0.2, -0.15) is 5.10 Å². The summed E-state index contributed by atoms with van der Waals surface area (Å²) in [6, 6.07) is 1.97. The van der Waals surface area contributed by atoms with Crippen LogP contribution in [0, 0.1) is 0 Å². The number of halogens is 1. The second kappa shape index (κ2) is 5.83. The Labute approximate surface area is 104 Å². The molecule has 5 nitrogen and oxygen atoms in total. The number of aromatic amines is 1. The fourth-order valence-electron chi connectivity index (χ4n) is 1.38. The molecule has 0 spiro atoms. The molecule has 0 aliphatic carbocycles. The quantitative estimate of drug-likeness (QED) is 0.873. The maximum absolute atomic E-state index is 5.56. The van der Waals surface area contributed by atoms with Gasteiger partial charge in [0.25, 0.3) is 0 Å². The Morgan fingerprint density at radius 3 is 2.88 bits per heavy atom. The molecule has 2 heterocycles. The van der Waals surface area contributed by atoms with Crippen LogP contribution in [0.1, 0.15) is 10.6 Å². The fourth-order valence-corrected chi connectivity index (χ4v) is 2.15. The lowest BCUT2D eigenvalue weighted by Gasteiger charge is -2.13. The molecule has 16 heavy (non-hydrogen) atoms. The summed E-state index contributed by atoms with van der Waals surface area (Å²) < 4.78 is 0. The molecule has 2 aromatic heterocycles. The van der Waals surface area contributed by atoms with Gasteiger partial charge in [-0.25, -0.2) is 4.98 Å². The molecule has 0 fully saturated rings. The molecule has 2 rings (SSSR count). The van der Waals surface area contributed by atoms with Crippen molar-refractivity contribution in [2.75, 3.05) is 12.8 Å². The van der Waals surface area contributed by atoms with Crippen LogP contribution in [0.2, 0.25) is 0 Å². The number of nitrogens with one attached hydrogen (secondary N) is 1. The molecule has 0 unspecified atom stereocenters. The van der Waals surface area contributed by atoms with Gasteiger partial charge in [0, 0.05) is 36.1 Å². The molecule has 0 radical (unpaired) electrons. The maximum atomic E-state index is 5.56. The number of hydrogen-bond donors (Lipinski definition) is 2. The predicted octanol–water partition coefficient (Wildman–Crippen LogP) is 1.50. The Kier molecular flexibility index (Phi) is 4.72. The Bertz CT molecular complexity index is 413. The van der Waals surface area contributed by atoms with Crippen molar-refractivity contribution in [1.82, 2.24) is 20.1 Å². The number of nitrogens with zero attached hydrogens (tertiary/aromatic N) is 3. The average Bonchev–Trinajstić information content (AvgIpc) is 2.77. The van der Waals surface area contributed by atoms with Crippen molar-refractivity contribution >= 4 is 28.9 Å². The molecule has 0 bridgehead atoms. The first-order valence-electron chi connectivity index (χ1n) is 4.61. The van der Waals surface area contributed by atoms with E-state index in [4.69, 9.17) is 5.73 Å². The summed E-state index contributed by atoms with van der Waals surface area (Å²) in [5, 5.41) is 7.46. The van der Waals surface area contributed by atoms with Crippen LogP contribution < -0.4 is 5.73 Å². The molecule has 7 heteroatoms. The number of nitrogens with two attached hydrogens (primary N) is 1. The Morgan fingerprint density at radius 2 is 2.31 bits per heavy atom. The predicted molar refractivity (Wildman–Crippen MR) is 67.5 cm³/mol. The molecule has 0 aliphatic rings. The molecule has 0 aliphatic heterocycles. The first-order valence-corrected chi connectivity index (χ1v) is 5.42. The number of thiazole rings is 1. The van der Waals surface area contributed by atoms with E-state index in [0.29, 0.717) is 5.13 Å². The summed E-state index contributed by atoms with van der Waals surface area (Å²) in [7, 11) is 2.05. The molecule has 3 N–H and O–H groups in total. The minimum absolute atomic E-state index is 0. The van der Waals surface area contributed by atoms with Crippen molar-refractivity contribution in [1.29, 1.82) is 0 Å². The highest BCUT2D eigenvalue weighted by Crippen LogP contribution is 2.16. The van der Waals surface area contributed by atoms with Crippen LogP contribution in [0.4, 0.5) is 5.13 Å². The minimum Gasteiger partial charge on any atom is -0.375 e. The third-order valence-electron chi connectivity index (χ3n) is 2.00. The van der Waals surface area contributed by atoms with Crippen LogP contribution in [0.3, 0.4) is 0 Å². The van der Waals surface area contributed by atoms with Crippen LogP contribution in [-0.2, 0) is 13.1 Å². The Hall–Kier alpha value is -1.11. The second-order valence-electron chi connectivity index (χ2n) is 3.42. The fraction of sp³-hybridized carbons (Fsp3) is 0.333. The van der Waals surface area contributed by atoms with E-state index in [2.05, 4.69) is 27.1 Å². The van der Waals surface area contributed by atoms with E-state index in [-0.39, 0.29) is 12.4 Å². The third-order valence-corrected chi connectivity index (χ3v) is 2.81. The van der Waals surface area contributed by atoms with Crippen molar-refractivity contribution in [3.8, 4) is 0 Å². The normalized spacial score (nSPS) is 10.4. The third kappa shape index (κ3) is 3.48. The molecule has 2 aromatic rings. The SMILES string of the molecule is CN(Cc1ccn[nH]1)Cc1cnc(N)s1.Cl. The molecule has 0 saturated heterocycles. The second-order valence-corrected chi connectivity index (χ2v) is 4.57. The van der Waals surface area contributed by atoms with E-state index >= 15 is 0 Å². The van der Waals surface area contributed by atoms with Gasteiger partial charge in [-0.1, -0.05) is 0 Å². The zero-order valence-electron chi connectivity index (χ0n) is 8.88. The molecular formula is C9H14ClN5S. The summed E-state index contributed by atoms with van der Waals surface area (Å²) in [5.74, 6) is 0. The van der Waals surface area contributed by atoms with E-state index in [0.717, 1.165) is 18.8 Å². The zero-order chi connectivity index (χ0) is 10.7. The van der Waals surface area contributed by atoms with E-state index in [1.165, 1.54) is 16.2 Å². The number of H-pyrrole nitrogens is 1. The lowest BCUT2D eigenvalue weighted by Crippen LogP contribution is -2.16. The highest BCUT2D eigenvalue weighted by atomic mass is 35.5. The van der Waals surface area contributed by atoms with E-state index in [1.54, 1.807) is 6.20 Å². The summed E-state index contributed by atoms with van der Waals surface area (Å²) in [6.45, 7) is 1.70. The van der Waals surface area contributed by atoms with E-state index in [1.807, 2.05) is 12.3 Å². The molecule has 0 aromatic carbocycles. The van der Waals surface area contributed by atoms with Gasteiger partial charge in [-0.3, -0.25) is 10.00 Å². The lowest BCUT2D eigenvalue weighted by molar-refractivity contribution is 0.317. The number of aromatic nitrogens is 3. The van der Waals surface area contributed by atoms with Crippen molar-refractivity contribution in [3.05, 3.63) is 29.0 Å². The molecule has 0 saturated carbocycles. The van der Waals surface area contributed by atoms with Crippen molar-refractivity contribution in [2.24, 2.45) is 0 Å². The van der Waals surface area contributed by atoms with Gasteiger partial charge in [-0.05, 0) is 13.1 Å². The van der Waals surface area contributed by atoms with Gasteiger partial charge in [0.05, 0.1) is 0 Å². The van der Waals surface area contributed by atoms with E-state index < -0.39 is 0 Å². The molecule has 0 atom stereocenters. The van der Waals surface area contributed by atoms with Crippen molar-refractivity contribution in [2.45, 2.75) is 13.1 Å². The molecule has 0 amide bonds. The van der Waals surface area contributed by atoms with Crippen LogP contribution >= 0.6 is 23.7 Å². The smallest absolute Gasteiger partial charge is 0.180 e. The molecule has 88 valence electrons. The highest BCUT2D eigenvalue weighted by Gasteiger charge is 2.04. The van der Waals surface area contributed by atoms with Gasteiger partial charge >= 0.3 is 0 Å². The number of anilines is 1. The number of hydrogen-bond acceptors (Lipinski definition) is 5. The van der Waals surface area contributed by atoms with E-state index in [9.17, 15) is 0 Å². The highest BCUT2D eigenvalue weighted by molar-refractivity contribution is 7.15. The first kappa shape index (κ1) is 13.0. The van der Waals surface area contributed by atoms with Crippen LogP contribution in [0.5, 0.6) is 0 Å². The zero-order valence-corrected chi connectivity index (χ0v) is 10.5. The van der Waals surface area contributed by atoms with Gasteiger partial charge < -0.3 is 5.73 Å². The van der Waals surface area contributed by atoms with Crippen LogP contribution in [0.25, 0.3) is 0 Å². The topological polar surface area (TPSA) is 70.8 Å². The lowest BCUT2D eigenvalue weighted by atomic mass is 10.4. The van der Waals surface area contributed by atoms with Crippen molar-refractivity contribution in [3.63, 3.8) is 0 Å². The van der Waals surface area contributed by atoms with Crippen LogP contribution in [0.15, 0.2) is 18.5 Å². The largest absolute Gasteiger partial charge is 0.375 e.